The van der Waals surface area contributed by atoms with Gasteiger partial charge in [-0.25, -0.2) is 0 Å². The van der Waals surface area contributed by atoms with Crippen molar-refractivity contribution in [1.29, 1.82) is 0 Å². The molecule has 1 aromatic rings. The number of benzene rings is 1. The number of likely N-dealkylation sites (tertiary alicyclic amines) is 1. The number of hydrogen-bond donors (Lipinski definition) is 2. The van der Waals surface area contributed by atoms with Gasteiger partial charge in [0, 0.05) is 4.47 Å². The lowest BCUT2D eigenvalue weighted by atomic mass is 10.1. The second-order valence-electron chi connectivity index (χ2n) is 4.93. The maximum atomic E-state index is 9.96. The monoisotopic (exact) mass is 314 g/mol. The van der Waals surface area contributed by atoms with Gasteiger partial charge in [-0.1, -0.05) is 15.9 Å². The zero-order chi connectivity index (χ0) is 12.8. The molecule has 0 aliphatic carbocycles. The van der Waals surface area contributed by atoms with E-state index in [1.54, 1.807) is 0 Å². The summed E-state index contributed by atoms with van der Waals surface area (Å²) in [6.45, 7) is 3.56. The summed E-state index contributed by atoms with van der Waals surface area (Å²) < 4.78 is 6.62. The van der Waals surface area contributed by atoms with E-state index >= 15 is 0 Å². The summed E-state index contributed by atoms with van der Waals surface area (Å²) in [6.07, 6.45) is 3.54. The lowest BCUT2D eigenvalue weighted by Gasteiger charge is -2.25. The normalized spacial score (nSPS) is 18.6. The molecule has 0 bridgehead atoms. The highest BCUT2D eigenvalue weighted by atomic mass is 79.9. The standard InChI is InChI=1S/C14H20BrNO2/c15-12-4-6-14(7-5-12)18-11-13(17)10-16-8-2-1-3-9-16/h4-7,13,17H,1-3,8-11H2/p+1/t13-/m0/s1. The fourth-order valence-electron chi connectivity index (χ4n) is 2.37. The van der Waals surface area contributed by atoms with E-state index in [9.17, 15) is 5.11 Å². The van der Waals surface area contributed by atoms with Gasteiger partial charge in [-0.05, 0) is 43.5 Å². The second kappa shape index (κ2) is 7.12. The van der Waals surface area contributed by atoms with E-state index in [4.69, 9.17) is 4.74 Å². The van der Waals surface area contributed by atoms with E-state index in [0.717, 1.165) is 16.8 Å². The van der Waals surface area contributed by atoms with E-state index in [2.05, 4.69) is 15.9 Å². The average molecular weight is 315 g/mol. The first-order chi connectivity index (χ1) is 8.74. The Kier molecular flexibility index (Phi) is 5.47. The van der Waals surface area contributed by atoms with Gasteiger partial charge in [0.05, 0.1) is 13.1 Å². The molecule has 1 atom stereocenters. The van der Waals surface area contributed by atoms with Crippen molar-refractivity contribution in [3.05, 3.63) is 28.7 Å². The highest BCUT2D eigenvalue weighted by Gasteiger charge is 2.18. The quantitative estimate of drug-likeness (QED) is 0.858. The highest BCUT2D eigenvalue weighted by Crippen LogP contribution is 2.16. The van der Waals surface area contributed by atoms with Crippen LogP contribution in [0.25, 0.3) is 0 Å². The number of quaternary nitrogens is 1. The van der Waals surface area contributed by atoms with E-state index in [1.807, 2.05) is 24.3 Å². The van der Waals surface area contributed by atoms with Crippen LogP contribution < -0.4 is 9.64 Å². The summed E-state index contributed by atoms with van der Waals surface area (Å²) in [5.74, 6) is 0.811. The summed E-state index contributed by atoms with van der Waals surface area (Å²) >= 11 is 3.38. The van der Waals surface area contributed by atoms with Crippen molar-refractivity contribution >= 4 is 15.9 Å². The maximum Gasteiger partial charge on any atom is 0.137 e. The lowest BCUT2D eigenvalue weighted by Crippen LogP contribution is -3.14. The predicted molar refractivity (Wildman–Crippen MR) is 75.1 cm³/mol. The third-order valence-corrected chi connectivity index (χ3v) is 3.87. The first-order valence-electron chi connectivity index (χ1n) is 6.64. The molecule has 3 nitrogen and oxygen atoms in total. The molecule has 0 radical (unpaired) electrons. The Balaban J connectivity index is 1.70. The number of piperidine rings is 1. The van der Waals surface area contributed by atoms with Crippen molar-refractivity contribution in [2.45, 2.75) is 25.4 Å². The maximum absolute atomic E-state index is 9.96. The molecule has 0 aromatic heterocycles. The van der Waals surface area contributed by atoms with Crippen molar-refractivity contribution in [1.82, 2.24) is 0 Å². The molecule has 0 unspecified atom stereocenters. The topological polar surface area (TPSA) is 33.9 Å². The van der Waals surface area contributed by atoms with Gasteiger partial charge in [0.1, 0.15) is 25.0 Å². The van der Waals surface area contributed by atoms with Gasteiger partial charge in [0.2, 0.25) is 0 Å². The van der Waals surface area contributed by atoms with Crippen LogP contribution in [0.3, 0.4) is 0 Å². The molecule has 0 saturated carbocycles. The first-order valence-corrected chi connectivity index (χ1v) is 7.43. The Morgan fingerprint density at radius 2 is 1.83 bits per heavy atom. The van der Waals surface area contributed by atoms with Crippen LogP contribution >= 0.6 is 15.9 Å². The first kappa shape index (κ1) is 13.8. The van der Waals surface area contributed by atoms with Gasteiger partial charge >= 0.3 is 0 Å². The fraction of sp³-hybridized carbons (Fsp3) is 0.571. The van der Waals surface area contributed by atoms with E-state index in [0.29, 0.717) is 6.61 Å². The van der Waals surface area contributed by atoms with Gasteiger partial charge in [-0.3, -0.25) is 0 Å². The molecule has 1 aliphatic heterocycles. The second-order valence-corrected chi connectivity index (χ2v) is 5.85. The summed E-state index contributed by atoms with van der Waals surface area (Å²) in [6, 6.07) is 7.70. The summed E-state index contributed by atoms with van der Waals surface area (Å²) in [4.78, 5) is 1.51. The third-order valence-electron chi connectivity index (χ3n) is 3.34. The molecule has 2 N–H and O–H groups in total. The van der Waals surface area contributed by atoms with Crippen LogP contribution in [0.4, 0.5) is 0 Å². The smallest absolute Gasteiger partial charge is 0.137 e. The molecule has 0 amide bonds. The Hall–Kier alpha value is -0.580. The van der Waals surface area contributed by atoms with Crippen LogP contribution in [0.5, 0.6) is 5.75 Å². The molecule has 1 heterocycles. The highest BCUT2D eigenvalue weighted by molar-refractivity contribution is 9.10. The van der Waals surface area contributed by atoms with Crippen molar-refractivity contribution in [3.8, 4) is 5.75 Å². The molecular weight excluding hydrogens is 294 g/mol. The number of hydrogen-bond acceptors (Lipinski definition) is 2. The fourth-order valence-corrected chi connectivity index (χ4v) is 2.64. The minimum atomic E-state index is -0.373. The zero-order valence-electron chi connectivity index (χ0n) is 10.6. The molecule has 4 heteroatoms. The molecule has 1 aliphatic rings. The van der Waals surface area contributed by atoms with Gasteiger partial charge < -0.3 is 14.7 Å². The molecule has 2 rings (SSSR count). The Labute approximate surface area is 117 Å². The molecule has 1 saturated heterocycles. The number of ether oxygens (including phenoxy) is 1. The Morgan fingerprint density at radius 3 is 2.50 bits per heavy atom. The van der Waals surface area contributed by atoms with Gasteiger partial charge in [0.15, 0.2) is 0 Å². The number of nitrogens with one attached hydrogen (secondary N) is 1. The predicted octanol–water partition coefficient (Wildman–Crippen LogP) is 1.26. The van der Waals surface area contributed by atoms with E-state index in [1.165, 1.54) is 37.3 Å². The summed E-state index contributed by atoms with van der Waals surface area (Å²) in [7, 11) is 0. The van der Waals surface area contributed by atoms with E-state index in [-0.39, 0.29) is 6.10 Å². The number of aliphatic hydroxyl groups is 1. The van der Waals surface area contributed by atoms with Crippen LogP contribution in [0.1, 0.15) is 19.3 Å². The Bertz CT molecular complexity index is 349. The van der Waals surface area contributed by atoms with Gasteiger partial charge in [-0.15, -0.1) is 0 Å². The zero-order valence-corrected chi connectivity index (χ0v) is 12.2. The Morgan fingerprint density at radius 1 is 1.17 bits per heavy atom. The van der Waals surface area contributed by atoms with Crippen LogP contribution in [0.15, 0.2) is 28.7 Å². The van der Waals surface area contributed by atoms with E-state index < -0.39 is 0 Å². The lowest BCUT2D eigenvalue weighted by molar-refractivity contribution is -0.908. The molecule has 1 fully saturated rings. The third kappa shape index (κ3) is 4.59. The van der Waals surface area contributed by atoms with Crippen molar-refractivity contribution in [2.75, 3.05) is 26.2 Å². The molecule has 0 spiro atoms. The van der Waals surface area contributed by atoms with Crippen LogP contribution in [0.2, 0.25) is 0 Å². The summed E-state index contributed by atoms with van der Waals surface area (Å²) in [5.41, 5.74) is 0. The van der Waals surface area contributed by atoms with Crippen LogP contribution in [-0.2, 0) is 0 Å². The van der Waals surface area contributed by atoms with Crippen LogP contribution in [-0.4, -0.2) is 37.5 Å². The minimum absolute atomic E-state index is 0.373. The number of aliphatic hydroxyl groups excluding tert-OH is 1. The number of halogens is 1. The van der Waals surface area contributed by atoms with Gasteiger partial charge in [0.25, 0.3) is 0 Å². The number of rotatable bonds is 5. The van der Waals surface area contributed by atoms with Crippen molar-refractivity contribution in [2.24, 2.45) is 0 Å². The average Bonchev–Trinajstić information content (AvgIpc) is 2.39. The molecular formula is C14H21BrNO2+. The largest absolute Gasteiger partial charge is 0.491 e. The van der Waals surface area contributed by atoms with Crippen LogP contribution in [0, 0.1) is 0 Å². The summed E-state index contributed by atoms with van der Waals surface area (Å²) in [5, 5.41) is 9.96. The van der Waals surface area contributed by atoms with Crippen molar-refractivity contribution < 1.29 is 14.7 Å². The molecule has 18 heavy (non-hydrogen) atoms. The minimum Gasteiger partial charge on any atom is -0.491 e. The molecule has 100 valence electrons. The van der Waals surface area contributed by atoms with Gasteiger partial charge in [-0.2, -0.15) is 0 Å². The van der Waals surface area contributed by atoms with Crippen molar-refractivity contribution in [3.63, 3.8) is 0 Å². The molecule has 1 aromatic carbocycles. The SMILES string of the molecule is O[C@H](COc1ccc(Br)cc1)C[NH+]1CCCCC1.